The van der Waals surface area contributed by atoms with E-state index >= 15 is 0 Å². The van der Waals surface area contributed by atoms with Gasteiger partial charge in [0.1, 0.15) is 5.75 Å². The lowest BCUT2D eigenvalue weighted by Crippen LogP contribution is -2.33. The lowest BCUT2D eigenvalue weighted by atomic mass is 9.90. The van der Waals surface area contributed by atoms with Crippen molar-refractivity contribution in [3.05, 3.63) is 29.3 Å². The van der Waals surface area contributed by atoms with E-state index in [4.69, 9.17) is 10.5 Å². The van der Waals surface area contributed by atoms with Crippen LogP contribution in [-0.4, -0.2) is 17.1 Å². The highest BCUT2D eigenvalue weighted by atomic mass is 32.2. The lowest BCUT2D eigenvalue weighted by molar-refractivity contribution is 0.356. The largest absolute Gasteiger partial charge is 0.493 e. The number of thioether (sulfide) groups is 1. The molecule has 0 bridgehead atoms. The number of ether oxygens (including phenoxy) is 1. The van der Waals surface area contributed by atoms with Crippen LogP contribution in [0.1, 0.15) is 36.9 Å². The summed E-state index contributed by atoms with van der Waals surface area (Å²) in [6.45, 7) is 3.12. The Morgan fingerprint density at radius 1 is 1.47 bits per heavy atom. The summed E-state index contributed by atoms with van der Waals surface area (Å²) >= 11 is 2.02. The summed E-state index contributed by atoms with van der Waals surface area (Å²) in [5.74, 6) is 2.29. The Bertz CT molecular complexity index is 426. The third-order valence-electron chi connectivity index (χ3n) is 3.98. The fourth-order valence-electron chi connectivity index (χ4n) is 2.80. The van der Waals surface area contributed by atoms with Gasteiger partial charge in [0.2, 0.25) is 0 Å². The van der Waals surface area contributed by atoms with Gasteiger partial charge in [-0.3, -0.25) is 0 Å². The van der Waals surface area contributed by atoms with E-state index in [1.165, 1.54) is 29.7 Å². The number of nitrogens with two attached hydrogens (primary N) is 1. The first-order valence-corrected chi connectivity index (χ1v) is 7.33. The predicted octanol–water partition coefficient (Wildman–Crippen LogP) is 2.91. The SMILES string of the molecule is CC1(C(N)c2ccc3c(c2)CCO3)CCCS1. The Morgan fingerprint density at radius 3 is 3.12 bits per heavy atom. The molecule has 17 heavy (non-hydrogen) atoms. The van der Waals surface area contributed by atoms with Crippen LogP contribution in [0.2, 0.25) is 0 Å². The Labute approximate surface area is 107 Å². The number of fused-ring (bicyclic) bond motifs is 1. The highest BCUT2D eigenvalue weighted by molar-refractivity contribution is 8.00. The first-order chi connectivity index (χ1) is 8.19. The highest BCUT2D eigenvalue weighted by Gasteiger charge is 2.36. The van der Waals surface area contributed by atoms with Crippen molar-refractivity contribution in [3.63, 3.8) is 0 Å². The van der Waals surface area contributed by atoms with Crippen LogP contribution < -0.4 is 10.5 Å². The van der Waals surface area contributed by atoms with Crippen molar-refractivity contribution in [2.45, 2.75) is 37.0 Å². The minimum absolute atomic E-state index is 0.140. The molecule has 1 saturated heterocycles. The molecule has 2 heterocycles. The van der Waals surface area contributed by atoms with E-state index in [2.05, 4.69) is 25.1 Å². The quantitative estimate of drug-likeness (QED) is 0.875. The van der Waals surface area contributed by atoms with Gasteiger partial charge in [-0.2, -0.15) is 11.8 Å². The van der Waals surface area contributed by atoms with Gasteiger partial charge in [0, 0.05) is 17.2 Å². The molecule has 1 aromatic rings. The second kappa shape index (κ2) is 4.21. The Kier molecular flexibility index (Phi) is 2.83. The van der Waals surface area contributed by atoms with E-state index in [-0.39, 0.29) is 10.8 Å². The third-order valence-corrected chi connectivity index (χ3v) is 5.59. The van der Waals surface area contributed by atoms with Crippen molar-refractivity contribution in [1.29, 1.82) is 0 Å². The summed E-state index contributed by atoms with van der Waals surface area (Å²) in [5.41, 5.74) is 9.06. The van der Waals surface area contributed by atoms with E-state index in [0.29, 0.717) is 0 Å². The van der Waals surface area contributed by atoms with E-state index in [9.17, 15) is 0 Å². The highest BCUT2D eigenvalue weighted by Crippen LogP contribution is 2.46. The Morgan fingerprint density at radius 2 is 2.35 bits per heavy atom. The van der Waals surface area contributed by atoms with Crippen LogP contribution in [0.25, 0.3) is 0 Å². The molecule has 2 N–H and O–H groups in total. The van der Waals surface area contributed by atoms with Gasteiger partial charge in [0.25, 0.3) is 0 Å². The van der Waals surface area contributed by atoms with E-state index < -0.39 is 0 Å². The molecule has 0 saturated carbocycles. The summed E-state index contributed by atoms with van der Waals surface area (Å²) in [4.78, 5) is 0. The molecule has 2 atom stereocenters. The van der Waals surface area contributed by atoms with Gasteiger partial charge in [-0.25, -0.2) is 0 Å². The first kappa shape index (κ1) is 11.4. The number of hydrogen-bond acceptors (Lipinski definition) is 3. The molecule has 2 nitrogen and oxygen atoms in total. The molecule has 2 aliphatic heterocycles. The second-order valence-electron chi connectivity index (χ2n) is 5.21. The van der Waals surface area contributed by atoms with Gasteiger partial charge in [-0.15, -0.1) is 0 Å². The molecule has 2 unspecified atom stereocenters. The van der Waals surface area contributed by atoms with Crippen LogP contribution in [0.5, 0.6) is 5.75 Å². The fourth-order valence-corrected chi connectivity index (χ4v) is 4.16. The van der Waals surface area contributed by atoms with Crippen molar-refractivity contribution >= 4 is 11.8 Å². The minimum atomic E-state index is 0.140. The van der Waals surface area contributed by atoms with Gasteiger partial charge in [-0.05, 0) is 42.7 Å². The average Bonchev–Trinajstić information content (AvgIpc) is 2.96. The van der Waals surface area contributed by atoms with Gasteiger partial charge < -0.3 is 10.5 Å². The van der Waals surface area contributed by atoms with E-state index in [1.807, 2.05) is 11.8 Å². The van der Waals surface area contributed by atoms with Crippen molar-refractivity contribution in [3.8, 4) is 5.75 Å². The molecule has 0 spiro atoms. The zero-order valence-corrected chi connectivity index (χ0v) is 11.1. The Hall–Kier alpha value is -0.670. The Balaban J connectivity index is 1.88. The summed E-state index contributed by atoms with van der Waals surface area (Å²) in [7, 11) is 0. The monoisotopic (exact) mass is 249 g/mol. The predicted molar refractivity (Wildman–Crippen MR) is 72.7 cm³/mol. The standard InChI is InChI=1S/C14H19NOS/c1-14(6-2-8-17-14)13(15)11-3-4-12-10(9-11)5-7-16-12/h3-4,9,13H,2,5-8,15H2,1H3. The van der Waals surface area contributed by atoms with Gasteiger partial charge in [-0.1, -0.05) is 12.1 Å². The normalized spacial score (nSPS) is 28.8. The van der Waals surface area contributed by atoms with Crippen molar-refractivity contribution in [1.82, 2.24) is 0 Å². The van der Waals surface area contributed by atoms with Crippen LogP contribution in [0.15, 0.2) is 18.2 Å². The van der Waals surface area contributed by atoms with Crippen LogP contribution in [-0.2, 0) is 6.42 Å². The number of hydrogen-bond donors (Lipinski definition) is 1. The zero-order valence-electron chi connectivity index (χ0n) is 10.2. The maximum atomic E-state index is 6.47. The topological polar surface area (TPSA) is 35.2 Å². The van der Waals surface area contributed by atoms with Crippen molar-refractivity contribution in [2.24, 2.45) is 5.73 Å². The lowest BCUT2D eigenvalue weighted by Gasteiger charge is -2.30. The molecule has 0 aromatic heterocycles. The molecule has 1 fully saturated rings. The zero-order chi connectivity index (χ0) is 11.9. The van der Waals surface area contributed by atoms with Crippen LogP contribution in [0, 0.1) is 0 Å². The molecule has 3 rings (SSSR count). The van der Waals surface area contributed by atoms with Crippen molar-refractivity contribution in [2.75, 3.05) is 12.4 Å². The van der Waals surface area contributed by atoms with Crippen LogP contribution in [0.4, 0.5) is 0 Å². The average molecular weight is 249 g/mol. The van der Waals surface area contributed by atoms with Crippen molar-refractivity contribution < 1.29 is 4.74 Å². The van der Waals surface area contributed by atoms with Gasteiger partial charge >= 0.3 is 0 Å². The fraction of sp³-hybridized carbons (Fsp3) is 0.571. The summed E-state index contributed by atoms with van der Waals surface area (Å²) in [5, 5.41) is 0. The maximum Gasteiger partial charge on any atom is 0.122 e. The molecule has 2 aliphatic rings. The smallest absolute Gasteiger partial charge is 0.122 e. The molecular weight excluding hydrogens is 230 g/mol. The van der Waals surface area contributed by atoms with Gasteiger partial charge in [0.05, 0.1) is 6.61 Å². The number of benzene rings is 1. The first-order valence-electron chi connectivity index (χ1n) is 6.34. The minimum Gasteiger partial charge on any atom is -0.493 e. The summed E-state index contributed by atoms with van der Waals surface area (Å²) in [6, 6.07) is 6.61. The van der Waals surface area contributed by atoms with Crippen LogP contribution in [0.3, 0.4) is 0 Å². The van der Waals surface area contributed by atoms with Crippen LogP contribution >= 0.6 is 11.8 Å². The maximum absolute atomic E-state index is 6.47. The molecule has 0 aliphatic carbocycles. The molecule has 3 heteroatoms. The molecule has 1 aromatic carbocycles. The summed E-state index contributed by atoms with van der Waals surface area (Å²) in [6.07, 6.45) is 3.55. The summed E-state index contributed by atoms with van der Waals surface area (Å²) < 4.78 is 5.75. The number of rotatable bonds is 2. The molecule has 92 valence electrons. The third kappa shape index (κ3) is 1.95. The van der Waals surface area contributed by atoms with Gasteiger partial charge in [0.15, 0.2) is 0 Å². The van der Waals surface area contributed by atoms with E-state index in [0.717, 1.165) is 18.8 Å². The molecule has 0 radical (unpaired) electrons. The van der Waals surface area contributed by atoms with E-state index in [1.54, 1.807) is 0 Å². The second-order valence-corrected chi connectivity index (χ2v) is 6.84. The molecular formula is C14H19NOS. The molecule has 0 amide bonds.